The molecule has 2 N–H and O–H groups in total. The molecule has 0 saturated heterocycles. The zero-order valence-corrected chi connectivity index (χ0v) is 10.4. The highest BCUT2D eigenvalue weighted by molar-refractivity contribution is 6.04. The van der Waals surface area contributed by atoms with Gasteiger partial charge in [-0.05, 0) is 43.4 Å². The standard InChI is InChI=1S/C14H18N2O/c1-9-11-7-10(8-14(15)5-6-14)3-4-12(11)16(2)13(9)17/h3-4,7,9H,5-6,8,15H2,1-2H3. The van der Waals surface area contributed by atoms with Gasteiger partial charge >= 0.3 is 0 Å². The van der Waals surface area contributed by atoms with Crippen LogP contribution in [0.25, 0.3) is 0 Å². The van der Waals surface area contributed by atoms with Gasteiger partial charge in [0.25, 0.3) is 0 Å². The number of nitrogens with two attached hydrogens (primary N) is 1. The minimum absolute atomic E-state index is 0.0112. The van der Waals surface area contributed by atoms with Crippen molar-refractivity contribution in [3.8, 4) is 0 Å². The third kappa shape index (κ3) is 1.65. The minimum atomic E-state index is -0.0112. The van der Waals surface area contributed by atoms with E-state index in [4.69, 9.17) is 5.73 Å². The average molecular weight is 230 g/mol. The van der Waals surface area contributed by atoms with Crippen molar-refractivity contribution in [3.05, 3.63) is 29.3 Å². The van der Waals surface area contributed by atoms with E-state index in [9.17, 15) is 4.79 Å². The van der Waals surface area contributed by atoms with Crippen molar-refractivity contribution >= 4 is 11.6 Å². The maximum atomic E-state index is 11.9. The Morgan fingerprint density at radius 1 is 1.47 bits per heavy atom. The Morgan fingerprint density at radius 2 is 2.18 bits per heavy atom. The van der Waals surface area contributed by atoms with Crippen LogP contribution in [0.15, 0.2) is 18.2 Å². The van der Waals surface area contributed by atoms with Crippen molar-refractivity contribution in [2.24, 2.45) is 5.73 Å². The molecule has 3 rings (SSSR count). The number of likely N-dealkylation sites (N-methyl/N-ethyl adjacent to an activating group) is 1. The number of fused-ring (bicyclic) bond motifs is 1. The molecule has 0 spiro atoms. The van der Waals surface area contributed by atoms with Crippen LogP contribution in [0, 0.1) is 0 Å². The van der Waals surface area contributed by atoms with E-state index in [0.717, 1.165) is 30.5 Å². The summed E-state index contributed by atoms with van der Waals surface area (Å²) < 4.78 is 0. The molecular formula is C14H18N2O. The number of benzene rings is 1. The topological polar surface area (TPSA) is 46.3 Å². The van der Waals surface area contributed by atoms with Crippen LogP contribution in [-0.2, 0) is 11.2 Å². The van der Waals surface area contributed by atoms with Gasteiger partial charge in [-0.1, -0.05) is 12.1 Å². The van der Waals surface area contributed by atoms with E-state index >= 15 is 0 Å². The molecule has 1 fully saturated rings. The summed E-state index contributed by atoms with van der Waals surface area (Å²) >= 11 is 0. The molecule has 2 aliphatic rings. The maximum absolute atomic E-state index is 11.9. The first-order valence-corrected chi connectivity index (χ1v) is 6.19. The summed E-state index contributed by atoms with van der Waals surface area (Å²) in [4.78, 5) is 13.6. The fraction of sp³-hybridized carbons (Fsp3) is 0.500. The van der Waals surface area contributed by atoms with Crippen molar-refractivity contribution in [3.63, 3.8) is 0 Å². The summed E-state index contributed by atoms with van der Waals surface area (Å²) in [5, 5.41) is 0. The molecule has 0 bridgehead atoms. The lowest BCUT2D eigenvalue weighted by Gasteiger charge is -2.12. The number of amides is 1. The molecule has 1 aromatic rings. The zero-order valence-electron chi connectivity index (χ0n) is 10.4. The summed E-state index contributed by atoms with van der Waals surface area (Å²) in [5.41, 5.74) is 9.63. The number of nitrogens with zero attached hydrogens (tertiary/aromatic N) is 1. The third-order valence-corrected chi connectivity index (χ3v) is 4.07. The van der Waals surface area contributed by atoms with Gasteiger partial charge in [-0.25, -0.2) is 0 Å². The fourth-order valence-electron chi connectivity index (χ4n) is 2.65. The molecule has 90 valence electrons. The second kappa shape index (κ2) is 3.33. The van der Waals surface area contributed by atoms with Gasteiger partial charge in [0, 0.05) is 18.3 Å². The highest BCUT2D eigenvalue weighted by Crippen LogP contribution is 2.39. The largest absolute Gasteiger partial charge is 0.325 e. The second-order valence-corrected chi connectivity index (χ2v) is 5.55. The molecule has 1 atom stereocenters. The summed E-state index contributed by atoms with van der Waals surface area (Å²) in [7, 11) is 1.84. The van der Waals surface area contributed by atoms with Crippen molar-refractivity contribution in [1.29, 1.82) is 0 Å². The first-order chi connectivity index (χ1) is 8.00. The summed E-state index contributed by atoms with van der Waals surface area (Å²) in [6.07, 6.45) is 3.18. The average Bonchev–Trinajstić information content (AvgIpc) is 2.99. The van der Waals surface area contributed by atoms with E-state index < -0.39 is 0 Å². The van der Waals surface area contributed by atoms with Crippen molar-refractivity contribution in [2.75, 3.05) is 11.9 Å². The molecule has 1 saturated carbocycles. The number of hydrogen-bond donors (Lipinski definition) is 1. The quantitative estimate of drug-likeness (QED) is 0.842. The predicted octanol–water partition coefficient (Wildman–Crippen LogP) is 1.80. The van der Waals surface area contributed by atoms with E-state index in [2.05, 4.69) is 18.2 Å². The van der Waals surface area contributed by atoms with Gasteiger partial charge in [0.2, 0.25) is 5.91 Å². The monoisotopic (exact) mass is 230 g/mol. The number of carbonyl (C=O) groups excluding carboxylic acids is 1. The van der Waals surface area contributed by atoms with Crippen LogP contribution in [0.5, 0.6) is 0 Å². The lowest BCUT2D eigenvalue weighted by atomic mass is 9.97. The summed E-state index contributed by atoms with van der Waals surface area (Å²) in [6, 6.07) is 6.32. The Hall–Kier alpha value is -1.35. The molecule has 0 aromatic heterocycles. The summed E-state index contributed by atoms with van der Waals surface area (Å²) in [6.45, 7) is 1.98. The van der Waals surface area contributed by atoms with Gasteiger partial charge in [0.15, 0.2) is 0 Å². The zero-order chi connectivity index (χ0) is 12.2. The van der Waals surface area contributed by atoms with Crippen LogP contribution >= 0.6 is 0 Å². The summed E-state index contributed by atoms with van der Waals surface area (Å²) in [5.74, 6) is 0.175. The Labute approximate surface area is 102 Å². The molecule has 1 aliphatic heterocycles. The molecule has 3 nitrogen and oxygen atoms in total. The Bertz CT molecular complexity index is 491. The van der Waals surface area contributed by atoms with Crippen molar-refractivity contribution in [1.82, 2.24) is 0 Å². The second-order valence-electron chi connectivity index (χ2n) is 5.55. The van der Waals surface area contributed by atoms with E-state index in [1.54, 1.807) is 4.90 Å². The molecule has 0 radical (unpaired) electrons. The van der Waals surface area contributed by atoms with Crippen LogP contribution in [-0.4, -0.2) is 18.5 Å². The normalized spacial score (nSPS) is 25.0. The Kier molecular flexibility index (Phi) is 2.11. The molecule has 1 amide bonds. The lowest BCUT2D eigenvalue weighted by Crippen LogP contribution is -2.24. The van der Waals surface area contributed by atoms with Crippen molar-refractivity contribution in [2.45, 2.75) is 37.6 Å². The number of carbonyl (C=O) groups is 1. The molecule has 1 heterocycles. The van der Waals surface area contributed by atoms with E-state index in [1.165, 1.54) is 5.56 Å². The van der Waals surface area contributed by atoms with E-state index in [0.29, 0.717) is 0 Å². The number of rotatable bonds is 2. The van der Waals surface area contributed by atoms with Gasteiger partial charge in [-0.15, -0.1) is 0 Å². The Morgan fingerprint density at radius 3 is 2.82 bits per heavy atom. The maximum Gasteiger partial charge on any atom is 0.234 e. The molecule has 3 heteroatoms. The molecule has 1 unspecified atom stereocenters. The molecule has 17 heavy (non-hydrogen) atoms. The molecule has 1 aliphatic carbocycles. The smallest absolute Gasteiger partial charge is 0.234 e. The molecular weight excluding hydrogens is 212 g/mol. The van der Waals surface area contributed by atoms with Gasteiger partial charge < -0.3 is 10.6 Å². The SMILES string of the molecule is CC1C(=O)N(C)c2ccc(CC3(N)CC3)cc21. The Balaban J connectivity index is 1.94. The van der Waals surface area contributed by atoms with Crippen LogP contribution in [0.3, 0.4) is 0 Å². The van der Waals surface area contributed by atoms with Crippen LogP contribution in [0.2, 0.25) is 0 Å². The number of hydrogen-bond acceptors (Lipinski definition) is 2. The highest BCUT2D eigenvalue weighted by atomic mass is 16.2. The third-order valence-electron chi connectivity index (χ3n) is 4.07. The first-order valence-electron chi connectivity index (χ1n) is 6.19. The number of anilines is 1. The van der Waals surface area contributed by atoms with Crippen LogP contribution in [0.4, 0.5) is 5.69 Å². The van der Waals surface area contributed by atoms with Gasteiger partial charge in [-0.3, -0.25) is 4.79 Å². The highest BCUT2D eigenvalue weighted by Gasteiger charge is 2.38. The van der Waals surface area contributed by atoms with Crippen LogP contribution < -0.4 is 10.6 Å². The van der Waals surface area contributed by atoms with Gasteiger partial charge in [-0.2, -0.15) is 0 Å². The lowest BCUT2D eigenvalue weighted by molar-refractivity contribution is -0.118. The van der Waals surface area contributed by atoms with E-state index in [1.807, 2.05) is 14.0 Å². The fourth-order valence-corrected chi connectivity index (χ4v) is 2.65. The minimum Gasteiger partial charge on any atom is -0.325 e. The predicted molar refractivity (Wildman–Crippen MR) is 68.1 cm³/mol. The first kappa shape index (κ1) is 10.8. The van der Waals surface area contributed by atoms with Crippen molar-refractivity contribution < 1.29 is 4.79 Å². The van der Waals surface area contributed by atoms with Gasteiger partial charge in [0.05, 0.1) is 5.92 Å². The van der Waals surface area contributed by atoms with Gasteiger partial charge in [0.1, 0.15) is 0 Å². The van der Waals surface area contributed by atoms with E-state index in [-0.39, 0.29) is 17.4 Å². The molecule has 1 aromatic carbocycles. The van der Waals surface area contributed by atoms with Crippen LogP contribution in [0.1, 0.15) is 36.8 Å².